The van der Waals surface area contributed by atoms with Gasteiger partial charge in [0, 0.05) is 5.92 Å². The van der Waals surface area contributed by atoms with E-state index >= 15 is 0 Å². The van der Waals surface area contributed by atoms with Crippen LogP contribution >= 0.6 is 0 Å². The van der Waals surface area contributed by atoms with E-state index in [-0.39, 0.29) is 12.0 Å². The second kappa shape index (κ2) is 6.14. The van der Waals surface area contributed by atoms with Crippen LogP contribution in [-0.2, 0) is 0 Å². The highest BCUT2D eigenvalue weighted by Crippen LogP contribution is 2.41. The Morgan fingerprint density at radius 2 is 2.00 bits per heavy atom. The number of aliphatic hydroxyl groups is 2. The topological polar surface area (TPSA) is 40.5 Å². The van der Waals surface area contributed by atoms with Crippen LogP contribution in [-0.4, -0.2) is 30.8 Å². The summed E-state index contributed by atoms with van der Waals surface area (Å²) >= 11 is 0. The molecule has 1 aliphatic carbocycles. The number of hydrogen-bond donors (Lipinski definition) is 2. The molecule has 1 fully saturated rings. The first kappa shape index (κ1) is 13.6. The molecule has 2 nitrogen and oxygen atoms in total. The Labute approximate surface area is 84.0 Å². The van der Waals surface area contributed by atoms with E-state index in [1.165, 1.54) is 0 Å². The van der Waals surface area contributed by atoms with Gasteiger partial charge in [0.15, 0.2) is 0 Å². The van der Waals surface area contributed by atoms with Gasteiger partial charge in [-0.1, -0.05) is 13.8 Å². The number of aliphatic hydroxyl groups excluding tert-OH is 2. The Morgan fingerprint density at radius 1 is 1.50 bits per heavy atom. The van der Waals surface area contributed by atoms with E-state index in [1.807, 2.05) is 13.8 Å². The fourth-order valence-corrected chi connectivity index (χ4v) is 1.53. The largest absolute Gasteiger partial charge is 0.396 e. The summed E-state index contributed by atoms with van der Waals surface area (Å²) in [6, 6.07) is 0. The molecule has 1 rings (SSSR count). The van der Waals surface area contributed by atoms with Gasteiger partial charge in [0.1, 0.15) is 0 Å². The smallest absolute Gasteiger partial charge is 0.269 e. The van der Waals surface area contributed by atoms with Gasteiger partial charge in [0.25, 0.3) is 6.08 Å². The van der Waals surface area contributed by atoms with Crippen LogP contribution in [0.2, 0.25) is 5.82 Å². The van der Waals surface area contributed by atoms with Crippen molar-refractivity contribution in [3.63, 3.8) is 0 Å². The zero-order chi connectivity index (χ0) is 11.3. The molecule has 5 heteroatoms. The third-order valence-corrected chi connectivity index (χ3v) is 2.17. The molecular weight excluding hydrogens is 189 g/mol. The Balaban J connectivity index is 0.000000791. The minimum atomic E-state index is -1.88. The summed E-state index contributed by atoms with van der Waals surface area (Å²) in [6.45, 7) is 3.52. The fourth-order valence-electron chi connectivity index (χ4n) is 1.53. The average Bonchev–Trinajstić information content (AvgIpc) is 2.43. The normalized spacial score (nSPS) is 31.0. The molecule has 0 aromatic rings. The molecule has 3 atom stereocenters. The molecule has 2 N–H and O–H groups in total. The molecule has 0 unspecified atom stereocenters. The highest BCUT2D eigenvalue weighted by atomic mass is 19.3. The van der Waals surface area contributed by atoms with Crippen molar-refractivity contribution in [2.24, 2.45) is 5.92 Å². The molecular formula is C9H15BF2O2. The van der Waals surface area contributed by atoms with Gasteiger partial charge < -0.3 is 10.2 Å². The monoisotopic (exact) mass is 204 g/mol. The van der Waals surface area contributed by atoms with Crippen molar-refractivity contribution < 1.29 is 19.0 Å². The fraction of sp³-hybridized carbons (Fsp3) is 0.778. The SMILES string of the molecule is CC.[B][C@H]1C[C@H](O)[C@@H](CO)C1=C(F)F. The summed E-state index contributed by atoms with van der Waals surface area (Å²) < 4.78 is 24.4. The zero-order valence-corrected chi connectivity index (χ0v) is 8.37. The van der Waals surface area contributed by atoms with Crippen molar-refractivity contribution in [1.82, 2.24) is 0 Å². The Bertz CT molecular complexity index is 205. The molecule has 80 valence electrons. The first-order chi connectivity index (χ1) is 6.57. The van der Waals surface area contributed by atoms with Crippen LogP contribution in [0.1, 0.15) is 20.3 Å². The maximum absolute atomic E-state index is 12.2. The Kier molecular flexibility index (Phi) is 5.96. The summed E-state index contributed by atoms with van der Waals surface area (Å²) in [6.07, 6.45) is -2.72. The molecule has 2 radical (unpaired) electrons. The third kappa shape index (κ3) is 2.79. The molecule has 0 amide bonds. The van der Waals surface area contributed by atoms with Crippen LogP contribution in [0.5, 0.6) is 0 Å². The average molecular weight is 204 g/mol. The second-order valence-corrected chi connectivity index (χ2v) is 2.91. The summed E-state index contributed by atoms with van der Waals surface area (Å²) in [5.74, 6) is -1.70. The van der Waals surface area contributed by atoms with Gasteiger partial charge in [-0.15, -0.1) is 0 Å². The number of halogens is 2. The Morgan fingerprint density at radius 3 is 2.29 bits per heavy atom. The summed E-state index contributed by atoms with van der Waals surface area (Å²) in [4.78, 5) is 0. The number of rotatable bonds is 1. The van der Waals surface area contributed by atoms with Crippen molar-refractivity contribution in [2.45, 2.75) is 32.2 Å². The maximum atomic E-state index is 12.2. The molecule has 0 aliphatic heterocycles. The predicted octanol–water partition coefficient (Wildman–Crippen LogP) is 1.49. The van der Waals surface area contributed by atoms with Crippen molar-refractivity contribution in [3.05, 3.63) is 11.7 Å². The lowest BCUT2D eigenvalue weighted by Gasteiger charge is -2.12. The summed E-state index contributed by atoms with van der Waals surface area (Å²) in [7, 11) is 5.33. The molecule has 0 aromatic carbocycles. The molecule has 1 saturated carbocycles. The van der Waals surface area contributed by atoms with Crippen LogP contribution in [0.4, 0.5) is 8.78 Å². The lowest BCUT2D eigenvalue weighted by molar-refractivity contribution is 0.101. The van der Waals surface area contributed by atoms with Crippen LogP contribution < -0.4 is 0 Å². The molecule has 0 aromatic heterocycles. The van der Waals surface area contributed by atoms with E-state index < -0.39 is 30.5 Å². The van der Waals surface area contributed by atoms with E-state index in [4.69, 9.17) is 13.0 Å². The van der Waals surface area contributed by atoms with Gasteiger partial charge in [0.05, 0.1) is 20.6 Å². The van der Waals surface area contributed by atoms with Gasteiger partial charge in [-0.3, -0.25) is 0 Å². The lowest BCUT2D eigenvalue weighted by atomic mass is 9.82. The number of hydrogen-bond acceptors (Lipinski definition) is 2. The third-order valence-electron chi connectivity index (χ3n) is 2.17. The Hall–Kier alpha value is -0.415. The van der Waals surface area contributed by atoms with E-state index in [1.54, 1.807) is 0 Å². The van der Waals surface area contributed by atoms with Crippen LogP contribution in [0.3, 0.4) is 0 Å². The first-order valence-corrected chi connectivity index (χ1v) is 4.67. The molecule has 0 saturated heterocycles. The first-order valence-electron chi connectivity index (χ1n) is 4.67. The molecule has 0 bridgehead atoms. The highest BCUT2D eigenvalue weighted by Gasteiger charge is 2.37. The molecule has 0 spiro atoms. The van der Waals surface area contributed by atoms with Crippen molar-refractivity contribution >= 4 is 7.85 Å². The van der Waals surface area contributed by atoms with E-state index in [0.717, 1.165) is 0 Å². The van der Waals surface area contributed by atoms with Gasteiger partial charge in [0.2, 0.25) is 0 Å². The lowest BCUT2D eigenvalue weighted by Crippen LogP contribution is -2.18. The van der Waals surface area contributed by atoms with Crippen molar-refractivity contribution in [2.75, 3.05) is 6.61 Å². The van der Waals surface area contributed by atoms with Crippen LogP contribution in [0.15, 0.2) is 11.7 Å². The molecule has 0 heterocycles. The van der Waals surface area contributed by atoms with Gasteiger partial charge in [-0.05, 0) is 17.8 Å². The van der Waals surface area contributed by atoms with E-state index in [0.29, 0.717) is 0 Å². The van der Waals surface area contributed by atoms with Gasteiger partial charge in [-0.2, -0.15) is 8.78 Å². The minimum absolute atomic E-state index is 0.0951. The van der Waals surface area contributed by atoms with Gasteiger partial charge >= 0.3 is 0 Å². The highest BCUT2D eigenvalue weighted by molar-refractivity contribution is 6.14. The standard InChI is InChI=1S/C7H9BF2O2.C2H6/c8-4-1-5(12)3(2-11)6(4)7(9)10;1-2/h3-5,11-12H,1-2H2;1-2H3/t3-,4+,5+;/m1./s1. The van der Waals surface area contributed by atoms with Crippen LogP contribution in [0.25, 0.3) is 0 Å². The molecule has 14 heavy (non-hydrogen) atoms. The second-order valence-electron chi connectivity index (χ2n) is 2.91. The quantitative estimate of drug-likeness (QED) is 0.635. The minimum Gasteiger partial charge on any atom is -0.396 e. The van der Waals surface area contributed by atoms with Crippen LogP contribution in [0, 0.1) is 5.92 Å². The van der Waals surface area contributed by atoms with E-state index in [9.17, 15) is 13.9 Å². The summed E-state index contributed by atoms with van der Waals surface area (Å²) in [5, 5.41) is 17.9. The van der Waals surface area contributed by atoms with E-state index in [2.05, 4.69) is 0 Å². The molecule has 1 aliphatic rings. The van der Waals surface area contributed by atoms with Crippen molar-refractivity contribution in [3.8, 4) is 0 Å². The van der Waals surface area contributed by atoms with Crippen molar-refractivity contribution in [1.29, 1.82) is 0 Å². The zero-order valence-electron chi connectivity index (χ0n) is 8.37. The maximum Gasteiger partial charge on any atom is 0.269 e. The van der Waals surface area contributed by atoms with Gasteiger partial charge in [-0.25, -0.2) is 0 Å². The predicted molar refractivity (Wildman–Crippen MR) is 51.3 cm³/mol. The summed E-state index contributed by atoms with van der Waals surface area (Å²) in [5.41, 5.74) is -0.301.